The van der Waals surface area contributed by atoms with Crippen LogP contribution >= 0.6 is 58.0 Å². The van der Waals surface area contributed by atoms with Gasteiger partial charge in [0.1, 0.15) is 28.3 Å². The smallest absolute Gasteiger partial charge is 0.352 e. The van der Waals surface area contributed by atoms with Gasteiger partial charge in [-0.2, -0.15) is 0 Å². The number of carbonyl (C=O) groups excluding carboxylic acids is 2. The molecule has 0 spiro atoms. The Labute approximate surface area is 213 Å². The van der Waals surface area contributed by atoms with Gasteiger partial charge in [-0.25, -0.2) is 9.78 Å². The Kier molecular flexibility index (Phi) is 7.97. The lowest BCUT2D eigenvalue weighted by molar-refractivity contribution is -0.150. The van der Waals surface area contributed by atoms with E-state index in [1.165, 1.54) is 51.5 Å². The normalized spacial score (nSPS) is 20.1. The van der Waals surface area contributed by atoms with E-state index in [1.807, 2.05) is 6.26 Å². The summed E-state index contributed by atoms with van der Waals surface area (Å²) in [6, 6.07) is -0.911. The zero-order valence-corrected chi connectivity index (χ0v) is 21.4. The number of rotatable bonds is 10. The Balaban J connectivity index is 1.49. The highest BCUT2D eigenvalue weighted by Gasteiger charge is 2.54. The van der Waals surface area contributed by atoms with Crippen LogP contribution in [-0.2, 0) is 19.2 Å². The number of oxime groups is 1. The van der Waals surface area contributed by atoms with Gasteiger partial charge in [0.25, 0.3) is 11.8 Å². The number of carboxylic acids is 1. The van der Waals surface area contributed by atoms with Crippen LogP contribution in [0.1, 0.15) is 5.69 Å². The van der Waals surface area contributed by atoms with Crippen molar-refractivity contribution in [1.82, 2.24) is 25.4 Å². The van der Waals surface area contributed by atoms with Crippen molar-refractivity contribution < 1.29 is 24.3 Å². The van der Waals surface area contributed by atoms with Crippen molar-refractivity contribution in [1.29, 1.82) is 0 Å². The Hall–Kier alpha value is -2.34. The quantitative estimate of drug-likeness (QED) is 0.0948. The zero-order chi connectivity index (χ0) is 24.2. The number of hydrogen-bond donors (Lipinski definition) is 3. The number of amides is 2. The summed E-state index contributed by atoms with van der Waals surface area (Å²) >= 11 is 6.61. The SMILES string of the molecule is CSCO/N=C(\C(=O)NC1C(=O)N2C(C(=O)O)=C(CSc3nncs3)CS[C@H]12)c1csc(N)n1. The van der Waals surface area contributed by atoms with Crippen LogP contribution in [0.3, 0.4) is 0 Å². The maximum Gasteiger partial charge on any atom is 0.352 e. The maximum absolute atomic E-state index is 13.0. The first-order valence-corrected chi connectivity index (χ1v) is 14.6. The molecule has 4 rings (SSSR count). The molecular formula is C17H17N7O5S5. The second-order valence-corrected chi connectivity index (χ2v) is 11.5. The van der Waals surface area contributed by atoms with Gasteiger partial charge in [-0.1, -0.05) is 28.3 Å². The summed E-state index contributed by atoms with van der Waals surface area (Å²) in [7, 11) is 0. The molecule has 0 radical (unpaired) electrons. The Bertz CT molecular complexity index is 1150. The number of nitrogen functional groups attached to an aromatic ring is 1. The molecule has 4 heterocycles. The van der Waals surface area contributed by atoms with Gasteiger partial charge in [-0.3, -0.25) is 14.5 Å². The fourth-order valence-electron chi connectivity index (χ4n) is 3.12. The van der Waals surface area contributed by atoms with Crippen LogP contribution in [0.4, 0.5) is 5.13 Å². The lowest BCUT2D eigenvalue weighted by Crippen LogP contribution is -2.71. The first-order chi connectivity index (χ1) is 16.4. The summed E-state index contributed by atoms with van der Waals surface area (Å²) in [5.74, 6) is -1.38. The maximum atomic E-state index is 13.0. The third-order valence-electron chi connectivity index (χ3n) is 4.55. The van der Waals surface area contributed by atoms with Crippen LogP contribution in [0.15, 0.2) is 31.7 Å². The van der Waals surface area contributed by atoms with E-state index >= 15 is 0 Å². The van der Waals surface area contributed by atoms with E-state index in [1.54, 1.807) is 10.9 Å². The number of fused-ring (bicyclic) bond motifs is 1. The molecule has 2 atom stereocenters. The molecular weight excluding hydrogens is 543 g/mol. The minimum Gasteiger partial charge on any atom is -0.477 e. The van der Waals surface area contributed by atoms with E-state index in [0.29, 0.717) is 21.4 Å². The molecule has 2 aromatic heterocycles. The molecule has 0 aliphatic carbocycles. The second kappa shape index (κ2) is 10.9. The van der Waals surface area contributed by atoms with Crippen LogP contribution in [0.5, 0.6) is 0 Å². The van der Waals surface area contributed by atoms with Crippen LogP contribution in [0.2, 0.25) is 0 Å². The zero-order valence-electron chi connectivity index (χ0n) is 17.4. The molecule has 2 aliphatic rings. The molecule has 1 saturated heterocycles. The number of anilines is 1. The molecule has 2 aliphatic heterocycles. The van der Waals surface area contributed by atoms with Gasteiger partial charge >= 0.3 is 5.97 Å². The average molecular weight is 560 g/mol. The number of aliphatic carboxylic acids is 1. The van der Waals surface area contributed by atoms with E-state index in [4.69, 9.17) is 10.6 Å². The summed E-state index contributed by atoms with van der Waals surface area (Å²) < 4.78 is 0.711. The fourth-order valence-corrected chi connectivity index (χ4v) is 6.80. The molecule has 2 aromatic rings. The topological polar surface area (TPSA) is 173 Å². The number of nitrogens with one attached hydrogen (secondary N) is 1. The number of aromatic nitrogens is 3. The van der Waals surface area contributed by atoms with Crippen LogP contribution in [-0.4, -0.2) is 83.8 Å². The molecule has 180 valence electrons. The number of β-lactam (4-membered cyclic amide) rings is 1. The van der Waals surface area contributed by atoms with E-state index in [-0.39, 0.29) is 28.2 Å². The minimum atomic E-state index is -1.19. The van der Waals surface area contributed by atoms with Gasteiger partial charge in [0, 0.05) is 16.9 Å². The van der Waals surface area contributed by atoms with E-state index in [2.05, 4.69) is 25.7 Å². The van der Waals surface area contributed by atoms with Gasteiger partial charge in [0.2, 0.25) is 0 Å². The monoisotopic (exact) mass is 559 g/mol. The highest BCUT2D eigenvalue weighted by molar-refractivity contribution is 8.01. The minimum absolute atomic E-state index is 0.0549. The van der Waals surface area contributed by atoms with Crippen LogP contribution in [0, 0.1) is 0 Å². The molecule has 17 heteroatoms. The van der Waals surface area contributed by atoms with Crippen molar-refractivity contribution >= 4 is 86.6 Å². The highest BCUT2D eigenvalue weighted by Crippen LogP contribution is 2.41. The molecule has 0 bridgehead atoms. The molecule has 0 saturated carbocycles. The summed E-state index contributed by atoms with van der Waals surface area (Å²) in [6.07, 6.45) is 1.81. The average Bonchev–Trinajstić information content (AvgIpc) is 3.49. The van der Waals surface area contributed by atoms with E-state index < -0.39 is 29.2 Å². The van der Waals surface area contributed by atoms with Crippen molar-refractivity contribution in [3.05, 3.63) is 27.9 Å². The van der Waals surface area contributed by atoms with Crippen molar-refractivity contribution in [2.45, 2.75) is 15.8 Å². The third kappa shape index (κ3) is 5.17. The summed E-state index contributed by atoms with van der Waals surface area (Å²) in [5.41, 5.74) is 7.93. The molecule has 12 nitrogen and oxygen atoms in total. The first-order valence-electron chi connectivity index (χ1n) is 9.40. The van der Waals surface area contributed by atoms with Crippen LogP contribution < -0.4 is 11.1 Å². The molecule has 2 amide bonds. The summed E-state index contributed by atoms with van der Waals surface area (Å²) in [5, 5.41) is 25.3. The number of nitrogens with two attached hydrogens (primary N) is 1. The fraction of sp³-hybridized carbons (Fsp3) is 0.353. The van der Waals surface area contributed by atoms with E-state index in [0.717, 1.165) is 11.3 Å². The molecule has 1 unspecified atom stereocenters. The largest absolute Gasteiger partial charge is 0.477 e. The second-order valence-electron chi connectivity index (χ2n) is 6.66. The van der Waals surface area contributed by atoms with Gasteiger partial charge < -0.3 is 21.0 Å². The van der Waals surface area contributed by atoms with Crippen molar-refractivity contribution in [3.63, 3.8) is 0 Å². The van der Waals surface area contributed by atoms with Gasteiger partial charge in [0.05, 0.1) is 0 Å². The lowest BCUT2D eigenvalue weighted by atomic mass is 10.0. The number of hydrogen-bond acceptors (Lipinski definition) is 14. The number of nitrogens with zero attached hydrogens (tertiary/aromatic N) is 5. The Morgan fingerprint density at radius 2 is 2.26 bits per heavy atom. The Morgan fingerprint density at radius 1 is 1.44 bits per heavy atom. The van der Waals surface area contributed by atoms with Crippen molar-refractivity contribution in [2.75, 3.05) is 29.4 Å². The van der Waals surface area contributed by atoms with E-state index in [9.17, 15) is 19.5 Å². The van der Waals surface area contributed by atoms with Crippen molar-refractivity contribution in [3.8, 4) is 0 Å². The predicted octanol–water partition coefficient (Wildman–Crippen LogP) is 1.15. The number of carboxylic acid groups (broad SMARTS) is 1. The highest BCUT2D eigenvalue weighted by atomic mass is 32.2. The summed E-state index contributed by atoms with van der Waals surface area (Å²) in [4.78, 5) is 48.3. The first kappa shape index (κ1) is 24.8. The molecule has 1 fully saturated rings. The lowest BCUT2D eigenvalue weighted by Gasteiger charge is -2.49. The Morgan fingerprint density at radius 3 is 2.91 bits per heavy atom. The summed E-state index contributed by atoms with van der Waals surface area (Å²) in [6.45, 7) is 0. The third-order valence-corrected chi connectivity index (χ3v) is 8.85. The van der Waals surface area contributed by atoms with Gasteiger partial charge in [-0.15, -0.1) is 45.1 Å². The van der Waals surface area contributed by atoms with Crippen LogP contribution in [0.25, 0.3) is 0 Å². The standard InChI is InChI=1S/C17H17N7O5S5/c1-30-6-29-23-9(8-4-32-16(18)20-8)12(25)21-10-13(26)24-11(15(27)28)7(2-31-14(10)24)3-33-17-22-19-5-34-17/h4-5,10,14H,2-3,6H2,1H3,(H2,18,20)(H,21,25)(H,27,28)/b23-9-/t10?,14-/m1/s1. The van der Waals surface area contributed by atoms with Gasteiger partial charge in [0.15, 0.2) is 21.1 Å². The van der Waals surface area contributed by atoms with Gasteiger partial charge in [-0.05, 0) is 11.8 Å². The molecule has 4 N–H and O–H groups in total. The molecule has 34 heavy (non-hydrogen) atoms. The van der Waals surface area contributed by atoms with Crippen molar-refractivity contribution in [2.24, 2.45) is 5.16 Å². The number of carbonyl (C=O) groups is 3. The number of thioether (sulfide) groups is 3. The number of thiazole rings is 1. The predicted molar refractivity (Wildman–Crippen MR) is 133 cm³/mol. The molecule has 0 aromatic carbocycles.